The fourth-order valence-corrected chi connectivity index (χ4v) is 4.00. The molecule has 0 radical (unpaired) electrons. The fourth-order valence-electron chi connectivity index (χ4n) is 2.64. The van der Waals surface area contributed by atoms with Gasteiger partial charge in [-0.05, 0) is 55.3 Å². The number of nitrogens with one attached hydrogen (secondary N) is 1. The minimum absolute atomic E-state index is 0.0123. The van der Waals surface area contributed by atoms with Crippen molar-refractivity contribution in [3.8, 4) is 5.75 Å². The second-order valence-corrected chi connectivity index (χ2v) is 8.81. The summed E-state index contributed by atoms with van der Waals surface area (Å²) in [5.41, 5.74) is 2.24. The molecule has 8 heteroatoms. The predicted molar refractivity (Wildman–Crippen MR) is 118 cm³/mol. The van der Waals surface area contributed by atoms with Gasteiger partial charge in [0.1, 0.15) is 5.75 Å². The normalized spacial score (nSPS) is 12.1. The van der Waals surface area contributed by atoms with Gasteiger partial charge in [0.25, 0.3) is 10.0 Å². The largest absolute Gasteiger partial charge is 0.506 e. The first-order valence-corrected chi connectivity index (χ1v) is 10.8. The van der Waals surface area contributed by atoms with Crippen molar-refractivity contribution >= 4 is 44.7 Å². The zero-order valence-corrected chi connectivity index (χ0v) is 18.0. The molecule has 150 valence electrons. The van der Waals surface area contributed by atoms with E-state index in [4.69, 9.17) is 23.2 Å². The molecule has 0 saturated carbocycles. The van der Waals surface area contributed by atoms with Gasteiger partial charge >= 0.3 is 0 Å². The number of hydrogen-bond acceptors (Lipinski definition) is 3. The highest BCUT2D eigenvalue weighted by Gasteiger charge is 2.18. The van der Waals surface area contributed by atoms with Crippen LogP contribution in [0.1, 0.15) is 16.7 Å². The third-order valence-corrected chi connectivity index (χ3v) is 6.30. The summed E-state index contributed by atoms with van der Waals surface area (Å²) in [6, 6.07) is 16.3. The zero-order chi connectivity index (χ0) is 21.2. The Balaban J connectivity index is 2.12. The van der Waals surface area contributed by atoms with E-state index in [2.05, 4.69) is 9.71 Å². The molecule has 0 atom stereocenters. The van der Waals surface area contributed by atoms with Crippen LogP contribution < -0.4 is 5.32 Å². The van der Waals surface area contributed by atoms with Gasteiger partial charge in [-0.15, -0.1) is 4.40 Å². The van der Waals surface area contributed by atoms with Crippen LogP contribution in [0.2, 0.25) is 10.0 Å². The molecule has 5 nitrogen and oxygen atoms in total. The first-order valence-electron chi connectivity index (χ1n) is 8.60. The molecular formula is C21H18Cl2N2O3S. The van der Waals surface area contributed by atoms with Crippen LogP contribution in [0.25, 0.3) is 0 Å². The summed E-state index contributed by atoms with van der Waals surface area (Å²) in [5.74, 6) is 0.117. The molecular weight excluding hydrogens is 431 g/mol. The third-order valence-electron chi connectivity index (χ3n) is 4.30. The minimum Gasteiger partial charge on any atom is -0.506 e. The van der Waals surface area contributed by atoms with Gasteiger partial charge in [0.2, 0.25) is 0 Å². The van der Waals surface area contributed by atoms with Gasteiger partial charge in [0, 0.05) is 16.3 Å². The molecule has 3 rings (SSSR count). The number of phenols is 1. The number of benzene rings is 3. The molecule has 0 heterocycles. The Hall–Kier alpha value is -2.54. The topological polar surface area (TPSA) is 78.8 Å². The molecule has 3 aromatic rings. The van der Waals surface area contributed by atoms with Crippen molar-refractivity contribution in [1.29, 1.82) is 0 Å². The molecule has 0 fully saturated rings. The summed E-state index contributed by atoms with van der Waals surface area (Å²) in [6.07, 6.45) is 0. The van der Waals surface area contributed by atoms with Gasteiger partial charge in [0.05, 0.1) is 9.92 Å². The van der Waals surface area contributed by atoms with E-state index in [9.17, 15) is 13.5 Å². The van der Waals surface area contributed by atoms with Crippen LogP contribution in [-0.4, -0.2) is 19.4 Å². The lowest BCUT2D eigenvalue weighted by molar-refractivity contribution is 0.471. The van der Waals surface area contributed by atoms with E-state index in [1.165, 1.54) is 24.3 Å². The monoisotopic (exact) mass is 448 g/mol. The van der Waals surface area contributed by atoms with E-state index in [0.717, 1.165) is 0 Å². The van der Waals surface area contributed by atoms with Crippen LogP contribution in [0.4, 0.5) is 5.69 Å². The maximum Gasteiger partial charge on any atom is 0.284 e. The first kappa shape index (κ1) is 21.2. The molecule has 0 spiro atoms. The van der Waals surface area contributed by atoms with Crippen molar-refractivity contribution in [3.63, 3.8) is 0 Å². The lowest BCUT2D eigenvalue weighted by Gasteiger charge is -2.15. The van der Waals surface area contributed by atoms with Crippen LogP contribution in [0.15, 0.2) is 70.0 Å². The number of anilines is 1. The number of nitrogens with zero attached hydrogens (tertiary/aromatic N) is 1. The number of rotatable bonds is 4. The molecule has 0 aromatic heterocycles. The summed E-state index contributed by atoms with van der Waals surface area (Å²) < 4.78 is 29.7. The van der Waals surface area contributed by atoms with Gasteiger partial charge < -0.3 is 10.4 Å². The fraction of sp³-hybridized carbons (Fsp3) is 0.0952. The Morgan fingerprint density at radius 2 is 1.62 bits per heavy atom. The van der Waals surface area contributed by atoms with Crippen LogP contribution >= 0.6 is 23.2 Å². The molecule has 0 amide bonds. The number of amidine groups is 1. The van der Waals surface area contributed by atoms with Crippen molar-refractivity contribution in [3.05, 3.63) is 87.4 Å². The van der Waals surface area contributed by atoms with E-state index >= 15 is 0 Å². The summed E-state index contributed by atoms with van der Waals surface area (Å²) >= 11 is 12.1. The standard InChI is InChI=1S/C21H18Cl2N2O3S/c1-13-12-18(14(2)19(23)20(13)26)24-21(15-6-4-3-5-7-15)25-29(27,28)17-10-8-16(22)9-11-17/h3-12,26H,1-2H3,(H,24,25). The van der Waals surface area contributed by atoms with Gasteiger partial charge in [-0.2, -0.15) is 8.42 Å². The summed E-state index contributed by atoms with van der Waals surface area (Å²) in [6.45, 7) is 3.43. The van der Waals surface area contributed by atoms with E-state index < -0.39 is 10.0 Å². The second kappa shape index (κ2) is 8.45. The summed E-state index contributed by atoms with van der Waals surface area (Å²) in [7, 11) is -4.00. The number of aryl methyl sites for hydroxylation is 1. The molecule has 0 aliphatic heterocycles. The number of aromatic hydroxyl groups is 1. The molecule has 0 saturated heterocycles. The lowest BCUT2D eigenvalue weighted by Crippen LogP contribution is -2.17. The van der Waals surface area contributed by atoms with Crippen molar-refractivity contribution in [2.45, 2.75) is 18.7 Å². The quantitative estimate of drug-likeness (QED) is 0.310. The third kappa shape index (κ3) is 4.72. The van der Waals surface area contributed by atoms with E-state index in [1.807, 2.05) is 6.07 Å². The summed E-state index contributed by atoms with van der Waals surface area (Å²) in [4.78, 5) is 0.0220. The van der Waals surface area contributed by atoms with E-state index in [1.54, 1.807) is 44.2 Å². The van der Waals surface area contributed by atoms with Crippen LogP contribution in [0, 0.1) is 13.8 Å². The molecule has 0 bridgehead atoms. The molecule has 29 heavy (non-hydrogen) atoms. The average molecular weight is 449 g/mol. The van der Waals surface area contributed by atoms with Crippen molar-refractivity contribution in [1.82, 2.24) is 0 Å². The molecule has 0 unspecified atom stereocenters. The first-order chi connectivity index (χ1) is 13.7. The lowest BCUT2D eigenvalue weighted by atomic mass is 10.1. The van der Waals surface area contributed by atoms with Crippen LogP contribution in [0.3, 0.4) is 0 Å². The van der Waals surface area contributed by atoms with Gasteiger partial charge in [-0.1, -0.05) is 53.5 Å². The Morgan fingerprint density at radius 1 is 1.00 bits per heavy atom. The number of halogens is 2. The van der Waals surface area contributed by atoms with Gasteiger partial charge in [-0.25, -0.2) is 0 Å². The average Bonchev–Trinajstić information content (AvgIpc) is 2.70. The van der Waals surface area contributed by atoms with Crippen molar-refractivity contribution < 1.29 is 13.5 Å². The number of sulfonamides is 1. The highest BCUT2D eigenvalue weighted by atomic mass is 35.5. The molecule has 3 aromatic carbocycles. The maximum absolute atomic E-state index is 12.9. The van der Waals surface area contributed by atoms with Crippen LogP contribution in [-0.2, 0) is 10.0 Å². The number of hydrogen-bond donors (Lipinski definition) is 2. The van der Waals surface area contributed by atoms with E-state index in [0.29, 0.717) is 27.4 Å². The molecule has 0 aliphatic rings. The minimum atomic E-state index is -4.00. The Labute approximate surface area is 179 Å². The van der Waals surface area contributed by atoms with E-state index in [-0.39, 0.29) is 21.5 Å². The Kier molecular flexibility index (Phi) is 6.17. The van der Waals surface area contributed by atoms with Crippen molar-refractivity contribution in [2.75, 3.05) is 5.32 Å². The molecule has 0 aliphatic carbocycles. The number of phenolic OH excluding ortho intramolecular Hbond substituents is 1. The molecule has 2 N–H and O–H groups in total. The van der Waals surface area contributed by atoms with Crippen LogP contribution in [0.5, 0.6) is 5.75 Å². The van der Waals surface area contributed by atoms with Gasteiger partial charge in [0.15, 0.2) is 5.84 Å². The Bertz CT molecular complexity index is 1180. The van der Waals surface area contributed by atoms with Crippen molar-refractivity contribution in [2.24, 2.45) is 4.40 Å². The zero-order valence-electron chi connectivity index (χ0n) is 15.6. The highest BCUT2D eigenvalue weighted by molar-refractivity contribution is 7.90. The SMILES string of the molecule is Cc1cc(NC(=NS(=O)(=O)c2ccc(Cl)cc2)c2ccccc2)c(C)c(Cl)c1O. The smallest absolute Gasteiger partial charge is 0.284 e. The maximum atomic E-state index is 12.9. The highest BCUT2D eigenvalue weighted by Crippen LogP contribution is 2.35. The predicted octanol–water partition coefficient (Wildman–Crippen LogP) is 5.56. The summed E-state index contributed by atoms with van der Waals surface area (Å²) in [5, 5.41) is 13.7. The second-order valence-electron chi connectivity index (χ2n) is 6.39. The van der Waals surface area contributed by atoms with Gasteiger partial charge in [-0.3, -0.25) is 0 Å². The Morgan fingerprint density at radius 3 is 2.24 bits per heavy atom.